The van der Waals surface area contributed by atoms with Crippen molar-refractivity contribution in [2.75, 3.05) is 6.61 Å². The van der Waals surface area contributed by atoms with E-state index in [1.54, 1.807) is 6.07 Å². The lowest BCUT2D eigenvalue weighted by Crippen LogP contribution is -2.19. The molecule has 2 rings (SSSR count). The lowest BCUT2D eigenvalue weighted by molar-refractivity contribution is -0.153. The Labute approximate surface area is 110 Å². The zero-order valence-electron chi connectivity index (χ0n) is 9.21. The molecule has 0 radical (unpaired) electrons. The molecule has 0 aliphatic carbocycles. The van der Waals surface area contributed by atoms with Crippen LogP contribution in [0.25, 0.3) is 10.2 Å². The van der Waals surface area contributed by atoms with Gasteiger partial charge in [-0.3, -0.25) is 0 Å². The molecular weight excluding hydrogens is 289 g/mol. The summed E-state index contributed by atoms with van der Waals surface area (Å²) in [5.74, 6) is -0.127. The summed E-state index contributed by atoms with van der Waals surface area (Å²) in [6, 6.07) is 1.72. The number of nitrogens with zero attached hydrogens (tertiary/aromatic N) is 2. The van der Waals surface area contributed by atoms with Gasteiger partial charge in [-0.25, -0.2) is 4.98 Å². The summed E-state index contributed by atoms with van der Waals surface area (Å²) in [6.07, 6.45) is -3.65. The minimum Gasteiger partial charge on any atom is -0.467 e. The second-order valence-corrected chi connectivity index (χ2v) is 4.94. The second kappa shape index (κ2) is 4.89. The van der Waals surface area contributed by atoms with Gasteiger partial charge in [-0.1, -0.05) is 6.92 Å². The van der Waals surface area contributed by atoms with Crippen molar-refractivity contribution in [1.29, 1.82) is 0 Å². The van der Waals surface area contributed by atoms with Crippen LogP contribution < -0.4 is 4.74 Å². The summed E-state index contributed by atoms with van der Waals surface area (Å²) in [4.78, 5) is 9.17. The maximum atomic E-state index is 12.1. The van der Waals surface area contributed by atoms with E-state index in [-0.39, 0.29) is 11.2 Å². The minimum atomic E-state index is -4.41. The molecule has 0 atom stereocenters. The van der Waals surface area contributed by atoms with E-state index in [9.17, 15) is 13.2 Å². The average Bonchev–Trinajstić information content (AvgIpc) is 2.67. The van der Waals surface area contributed by atoms with Gasteiger partial charge in [-0.2, -0.15) is 18.2 Å². The molecule has 8 heteroatoms. The third-order valence-corrected chi connectivity index (χ3v) is 3.44. The molecule has 0 aliphatic heterocycles. The zero-order chi connectivity index (χ0) is 13.3. The summed E-state index contributed by atoms with van der Waals surface area (Å²) in [5, 5.41) is 0.342. The van der Waals surface area contributed by atoms with E-state index in [2.05, 4.69) is 14.7 Å². The van der Waals surface area contributed by atoms with Crippen molar-refractivity contribution in [2.45, 2.75) is 19.5 Å². The summed E-state index contributed by atoms with van der Waals surface area (Å²) in [6.45, 7) is 0.544. The highest BCUT2D eigenvalue weighted by molar-refractivity contribution is 7.18. The van der Waals surface area contributed by atoms with Crippen molar-refractivity contribution in [3.05, 3.63) is 16.2 Å². The van der Waals surface area contributed by atoms with E-state index < -0.39 is 12.8 Å². The molecule has 0 aliphatic rings. The molecule has 0 amide bonds. The predicted octanol–water partition coefficient (Wildman–Crippen LogP) is 3.85. The van der Waals surface area contributed by atoms with Gasteiger partial charge >= 0.3 is 6.18 Å². The van der Waals surface area contributed by atoms with Gasteiger partial charge in [0, 0.05) is 4.88 Å². The first-order valence-corrected chi connectivity index (χ1v) is 6.24. The van der Waals surface area contributed by atoms with Gasteiger partial charge in [0.15, 0.2) is 6.61 Å². The number of hydrogen-bond acceptors (Lipinski definition) is 4. The standard InChI is InChI=1S/C10H8ClF3N2OS/c1-2-5-3-6-7(17-4-10(12,13)14)15-9(11)16-8(6)18-5/h3H,2,4H2,1H3. The molecule has 0 bridgehead atoms. The van der Waals surface area contributed by atoms with Crippen LogP contribution in [-0.2, 0) is 6.42 Å². The Kier molecular flexibility index (Phi) is 3.63. The minimum absolute atomic E-state index is 0.121. The fraction of sp³-hybridized carbons (Fsp3) is 0.400. The van der Waals surface area contributed by atoms with E-state index in [4.69, 9.17) is 11.6 Å². The topological polar surface area (TPSA) is 35.0 Å². The van der Waals surface area contributed by atoms with Crippen molar-refractivity contribution in [1.82, 2.24) is 9.97 Å². The van der Waals surface area contributed by atoms with Gasteiger partial charge in [0.2, 0.25) is 11.2 Å². The number of hydrogen-bond donors (Lipinski definition) is 0. The molecule has 0 saturated carbocycles. The van der Waals surface area contributed by atoms with Gasteiger partial charge < -0.3 is 4.74 Å². The van der Waals surface area contributed by atoms with Gasteiger partial charge in [0.1, 0.15) is 4.83 Å². The molecule has 98 valence electrons. The summed E-state index contributed by atoms with van der Waals surface area (Å²) < 4.78 is 41.0. The first-order chi connectivity index (χ1) is 8.39. The third kappa shape index (κ3) is 3.02. The molecule has 0 unspecified atom stereocenters. The quantitative estimate of drug-likeness (QED) is 0.807. The van der Waals surface area contributed by atoms with Crippen molar-refractivity contribution < 1.29 is 17.9 Å². The Hall–Kier alpha value is -1.08. The van der Waals surface area contributed by atoms with Crippen molar-refractivity contribution in [3.8, 4) is 5.88 Å². The van der Waals surface area contributed by atoms with Crippen LogP contribution in [0.3, 0.4) is 0 Å². The van der Waals surface area contributed by atoms with E-state index in [0.717, 1.165) is 11.3 Å². The molecule has 3 nitrogen and oxygen atoms in total. The van der Waals surface area contributed by atoms with Crippen LogP contribution in [0.1, 0.15) is 11.8 Å². The van der Waals surface area contributed by atoms with E-state index >= 15 is 0 Å². The summed E-state index contributed by atoms with van der Waals surface area (Å²) >= 11 is 7.01. The molecule has 18 heavy (non-hydrogen) atoms. The van der Waals surface area contributed by atoms with Crippen LogP contribution in [0.2, 0.25) is 5.28 Å². The molecule has 0 spiro atoms. The largest absolute Gasteiger partial charge is 0.467 e. The number of thiophene rings is 1. The number of fused-ring (bicyclic) bond motifs is 1. The molecule has 0 fully saturated rings. The van der Waals surface area contributed by atoms with Crippen LogP contribution in [0.15, 0.2) is 6.07 Å². The SMILES string of the molecule is CCc1cc2c(OCC(F)(F)F)nc(Cl)nc2s1. The fourth-order valence-corrected chi connectivity index (χ4v) is 2.52. The highest BCUT2D eigenvalue weighted by Gasteiger charge is 2.29. The highest BCUT2D eigenvalue weighted by Crippen LogP contribution is 2.32. The van der Waals surface area contributed by atoms with Crippen LogP contribution >= 0.6 is 22.9 Å². The fourth-order valence-electron chi connectivity index (χ4n) is 1.35. The number of rotatable bonds is 3. The van der Waals surface area contributed by atoms with Gasteiger partial charge in [-0.15, -0.1) is 11.3 Å². The van der Waals surface area contributed by atoms with E-state index in [0.29, 0.717) is 10.2 Å². The molecule has 0 saturated heterocycles. The molecule has 0 aromatic carbocycles. The highest BCUT2D eigenvalue weighted by atomic mass is 35.5. The van der Waals surface area contributed by atoms with E-state index in [1.807, 2.05) is 6.92 Å². The van der Waals surface area contributed by atoms with Crippen LogP contribution in [0.5, 0.6) is 5.88 Å². The number of alkyl halides is 3. The number of aryl methyl sites for hydroxylation is 1. The van der Waals surface area contributed by atoms with Gasteiger partial charge in [0.25, 0.3) is 0 Å². The Morgan fingerprint density at radius 2 is 2.11 bits per heavy atom. The predicted molar refractivity (Wildman–Crippen MR) is 63.4 cm³/mol. The van der Waals surface area contributed by atoms with Crippen molar-refractivity contribution in [3.63, 3.8) is 0 Å². The first kappa shape index (κ1) is 13.4. The third-order valence-electron chi connectivity index (χ3n) is 2.10. The molecule has 2 aromatic rings. The lowest BCUT2D eigenvalue weighted by Gasteiger charge is -2.08. The molecule has 2 heterocycles. The smallest absolute Gasteiger partial charge is 0.422 e. The van der Waals surface area contributed by atoms with Gasteiger partial charge in [0.05, 0.1) is 5.39 Å². The average molecular weight is 297 g/mol. The Balaban J connectivity index is 2.39. The van der Waals surface area contributed by atoms with Crippen molar-refractivity contribution >= 4 is 33.2 Å². The van der Waals surface area contributed by atoms with Crippen LogP contribution in [0.4, 0.5) is 13.2 Å². The van der Waals surface area contributed by atoms with Gasteiger partial charge in [-0.05, 0) is 24.1 Å². The van der Waals surface area contributed by atoms with Crippen LogP contribution in [-0.4, -0.2) is 22.8 Å². The zero-order valence-corrected chi connectivity index (χ0v) is 10.8. The maximum Gasteiger partial charge on any atom is 0.422 e. The van der Waals surface area contributed by atoms with Crippen molar-refractivity contribution in [2.24, 2.45) is 0 Å². The number of ether oxygens (including phenoxy) is 1. The summed E-state index contributed by atoms with van der Waals surface area (Å²) in [5.41, 5.74) is 0. The monoisotopic (exact) mass is 296 g/mol. The Morgan fingerprint density at radius 3 is 2.72 bits per heavy atom. The lowest BCUT2D eigenvalue weighted by atomic mass is 10.3. The molecular formula is C10H8ClF3N2OS. The summed E-state index contributed by atoms with van der Waals surface area (Å²) in [7, 11) is 0. The number of aromatic nitrogens is 2. The second-order valence-electron chi connectivity index (χ2n) is 3.49. The molecule has 0 N–H and O–H groups in total. The maximum absolute atomic E-state index is 12.1. The first-order valence-electron chi connectivity index (χ1n) is 5.04. The van der Waals surface area contributed by atoms with E-state index in [1.165, 1.54) is 11.3 Å². The normalized spacial score (nSPS) is 12.1. The Bertz CT molecular complexity index is 570. The van der Waals surface area contributed by atoms with Crippen LogP contribution in [0, 0.1) is 0 Å². The Morgan fingerprint density at radius 1 is 1.39 bits per heavy atom. The number of halogens is 4. The molecule has 2 aromatic heterocycles.